The van der Waals surface area contributed by atoms with Crippen LogP contribution in [0.1, 0.15) is 24.8 Å². The monoisotopic (exact) mass is 233 g/mol. The van der Waals surface area contributed by atoms with Crippen molar-refractivity contribution in [2.45, 2.75) is 31.8 Å². The molecule has 2 saturated heterocycles. The summed E-state index contributed by atoms with van der Waals surface area (Å²) in [7, 11) is 0. The van der Waals surface area contributed by atoms with Crippen LogP contribution >= 0.6 is 0 Å². The largest absolute Gasteiger partial charge is 0.299 e. The number of nitrogens with zero attached hydrogens (tertiary/aromatic N) is 1. The number of hydrogen-bond acceptors (Lipinski definition) is 2. The van der Waals surface area contributed by atoms with E-state index < -0.39 is 0 Å². The predicted molar refractivity (Wildman–Crippen MR) is 62.9 cm³/mol. The average Bonchev–Trinajstić information content (AvgIpc) is 2.34. The van der Waals surface area contributed by atoms with E-state index in [2.05, 4.69) is 4.90 Å². The molecule has 0 radical (unpaired) electrons. The van der Waals surface area contributed by atoms with E-state index in [1.54, 1.807) is 0 Å². The molecule has 3 aliphatic rings. The van der Waals surface area contributed by atoms with Crippen molar-refractivity contribution < 1.29 is 9.18 Å². The van der Waals surface area contributed by atoms with Crippen LogP contribution in [0.25, 0.3) is 0 Å². The Hall–Kier alpha value is -1.22. The van der Waals surface area contributed by atoms with Gasteiger partial charge in [0.15, 0.2) is 0 Å². The lowest BCUT2D eigenvalue weighted by Crippen LogP contribution is -2.51. The third-order valence-electron chi connectivity index (χ3n) is 4.01. The van der Waals surface area contributed by atoms with Crippen LogP contribution in [0, 0.1) is 11.7 Å². The van der Waals surface area contributed by atoms with Crippen molar-refractivity contribution in [3.05, 3.63) is 35.6 Å². The minimum Gasteiger partial charge on any atom is -0.299 e. The van der Waals surface area contributed by atoms with Crippen molar-refractivity contribution >= 4 is 5.78 Å². The number of hydrogen-bond donors (Lipinski definition) is 0. The highest BCUT2D eigenvalue weighted by Crippen LogP contribution is 2.33. The van der Waals surface area contributed by atoms with Gasteiger partial charge >= 0.3 is 0 Å². The minimum absolute atomic E-state index is 0.191. The zero-order valence-electron chi connectivity index (χ0n) is 9.73. The molecule has 4 rings (SSSR count). The van der Waals surface area contributed by atoms with Gasteiger partial charge in [0.2, 0.25) is 0 Å². The molecule has 2 nitrogen and oxygen atoms in total. The van der Waals surface area contributed by atoms with E-state index >= 15 is 0 Å². The molecular formula is C14H16FNO. The van der Waals surface area contributed by atoms with Crippen LogP contribution in [0.5, 0.6) is 0 Å². The highest BCUT2D eigenvalue weighted by atomic mass is 19.1. The smallest absolute Gasteiger partial charge is 0.138 e. The summed E-state index contributed by atoms with van der Waals surface area (Å²) in [5.74, 6) is 0.501. The lowest BCUT2D eigenvalue weighted by molar-refractivity contribution is -0.132. The van der Waals surface area contributed by atoms with Crippen LogP contribution in [0.4, 0.5) is 4.39 Å². The van der Waals surface area contributed by atoms with Crippen molar-refractivity contribution in [3.8, 4) is 0 Å². The summed E-state index contributed by atoms with van der Waals surface area (Å²) in [6.45, 7) is 1.73. The van der Waals surface area contributed by atoms with Crippen LogP contribution in [0.2, 0.25) is 0 Å². The molecule has 2 unspecified atom stereocenters. The van der Waals surface area contributed by atoms with Gasteiger partial charge in [0.05, 0.1) is 0 Å². The second kappa shape index (κ2) is 4.22. The first-order valence-corrected chi connectivity index (χ1v) is 6.23. The Kier molecular flexibility index (Phi) is 2.71. The summed E-state index contributed by atoms with van der Waals surface area (Å²) in [6.07, 6.45) is 2.91. The maximum atomic E-state index is 12.8. The maximum Gasteiger partial charge on any atom is 0.138 e. The Morgan fingerprint density at radius 1 is 1.24 bits per heavy atom. The number of Topliss-reactive ketones (excluding diaryl/α,β-unsaturated/α-hetero) is 1. The topological polar surface area (TPSA) is 20.3 Å². The van der Waals surface area contributed by atoms with Gasteiger partial charge in [0.1, 0.15) is 11.6 Å². The number of halogens is 1. The van der Waals surface area contributed by atoms with Crippen molar-refractivity contribution in [1.29, 1.82) is 0 Å². The van der Waals surface area contributed by atoms with Gasteiger partial charge in [-0.25, -0.2) is 4.39 Å². The summed E-state index contributed by atoms with van der Waals surface area (Å²) < 4.78 is 12.8. The van der Waals surface area contributed by atoms with Crippen LogP contribution < -0.4 is 0 Å². The predicted octanol–water partition coefficient (Wildman–Crippen LogP) is 2.38. The van der Waals surface area contributed by atoms with Gasteiger partial charge in [-0.05, 0) is 30.5 Å². The Morgan fingerprint density at radius 3 is 2.59 bits per heavy atom. The zero-order chi connectivity index (χ0) is 11.8. The normalized spacial score (nSPS) is 28.6. The van der Waals surface area contributed by atoms with Gasteiger partial charge < -0.3 is 0 Å². The molecule has 90 valence electrons. The number of piperidine rings is 2. The van der Waals surface area contributed by atoms with Gasteiger partial charge in [-0.2, -0.15) is 0 Å². The molecule has 1 saturated carbocycles. The summed E-state index contributed by atoms with van der Waals surface area (Å²) in [4.78, 5) is 14.0. The summed E-state index contributed by atoms with van der Waals surface area (Å²) in [6, 6.07) is 7.09. The van der Waals surface area contributed by atoms with Gasteiger partial charge in [-0.15, -0.1) is 0 Å². The lowest BCUT2D eigenvalue weighted by atomic mass is 9.79. The highest BCUT2D eigenvalue weighted by molar-refractivity contribution is 5.83. The molecule has 2 atom stereocenters. The lowest BCUT2D eigenvalue weighted by Gasteiger charge is -2.44. The summed E-state index contributed by atoms with van der Waals surface area (Å²) >= 11 is 0. The molecule has 3 fully saturated rings. The summed E-state index contributed by atoms with van der Waals surface area (Å²) in [5.41, 5.74) is 1.13. The number of rotatable bonds is 2. The van der Waals surface area contributed by atoms with Gasteiger partial charge in [-0.1, -0.05) is 12.1 Å². The first kappa shape index (κ1) is 10.9. The van der Waals surface area contributed by atoms with Crippen LogP contribution in [0.3, 0.4) is 0 Å². The molecule has 0 aromatic heterocycles. The second-order valence-electron chi connectivity index (χ2n) is 5.15. The molecule has 2 aliphatic heterocycles. The van der Waals surface area contributed by atoms with Crippen LogP contribution in [0.15, 0.2) is 24.3 Å². The van der Waals surface area contributed by atoms with Crippen LogP contribution in [-0.2, 0) is 11.3 Å². The third-order valence-corrected chi connectivity index (χ3v) is 4.01. The van der Waals surface area contributed by atoms with E-state index in [9.17, 15) is 9.18 Å². The van der Waals surface area contributed by atoms with E-state index in [4.69, 9.17) is 0 Å². The minimum atomic E-state index is -0.191. The standard InChI is InChI=1S/C14H16FNO/c15-12-4-1-10(2-5-12)8-16-9-11-3-6-13(16)7-14(11)17/h1-2,4-5,11,13H,3,6-9H2. The van der Waals surface area contributed by atoms with Crippen molar-refractivity contribution in [3.63, 3.8) is 0 Å². The quantitative estimate of drug-likeness (QED) is 0.781. The fourth-order valence-electron chi connectivity index (χ4n) is 3.01. The van der Waals surface area contributed by atoms with Gasteiger partial charge in [0, 0.05) is 31.5 Å². The first-order valence-electron chi connectivity index (χ1n) is 6.23. The van der Waals surface area contributed by atoms with E-state index in [0.29, 0.717) is 18.2 Å². The number of carbonyl (C=O) groups is 1. The molecule has 1 aromatic rings. The molecule has 0 amide bonds. The summed E-state index contributed by atoms with van der Waals surface area (Å²) in [5, 5.41) is 0. The third kappa shape index (κ3) is 2.12. The first-order chi connectivity index (χ1) is 8.22. The Labute approximate surface area is 100 Å². The molecule has 0 spiro atoms. The Balaban J connectivity index is 1.70. The number of fused-ring (bicyclic) bond motifs is 3. The Morgan fingerprint density at radius 2 is 2.00 bits per heavy atom. The van der Waals surface area contributed by atoms with Crippen molar-refractivity contribution in [2.24, 2.45) is 5.92 Å². The number of ketones is 1. The van der Waals surface area contributed by atoms with Gasteiger partial charge in [0.25, 0.3) is 0 Å². The zero-order valence-corrected chi connectivity index (χ0v) is 9.73. The average molecular weight is 233 g/mol. The van der Waals surface area contributed by atoms with E-state index in [1.165, 1.54) is 12.1 Å². The fourth-order valence-corrected chi connectivity index (χ4v) is 3.01. The maximum absolute atomic E-state index is 12.8. The molecule has 1 aliphatic carbocycles. The Bertz CT molecular complexity index is 428. The molecule has 3 heteroatoms. The number of benzene rings is 1. The van der Waals surface area contributed by atoms with Crippen molar-refractivity contribution in [2.75, 3.05) is 6.54 Å². The number of carbonyl (C=O) groups excluding carboxylic acids is 1. The van der Waals surface area contributed by atoms with E-state index in [1.807, 2.05) is 12.1 Å². The second-order valence-corrected chi connectivity index (χ2v) is 5.15. The van der Waals surface area contributed by atoms with Gasteiger partial charge in [-0.3, -0.25) is 9.69 Å². The van der Waals surface area contributed by atoms with E-state index in [-0.39, 0.29) is 11.7 Å². The van der Waals surface area contributed by atoms with E-state index in [0.717, 1.165) is 31.5 Å². The van der Waals surface area contributed by atoms with Crippen LogP contribution in [-0.4, -0.2) is 23.3 Å². The highest BCUT2D eigenvalue weighted by Gasteiger charge is 2.38. The SMILES string of the molecule is O=C1CC2CCC1CN2Cc1ccc(F)cc1. The molecular weight excluding hydrogens is 217 g/mol. The molecule has 1 aromatic carbocycles. The van der Waals surface area contributed by atoms with Crippen molar-refractivity contribution in [1.82, 2.24) is 4.90 Å². The molecule has 2 bridgehead atoms. The fraction of sp³-hybridized carbons (Fsp3) is 0.500. The molecule has 17 heavy (non-hydrogen) atoms. The molecule has 2 heterocycles. The molecule has 0 N–H and O–H groups in total.